The van der Waals surface area contributed by atoms with Crippen molar-refractivity contribution in [2.45, 2.75) is 19.4 Å². The van der Waals surface area contributed by atoms with Gasteiger partial charge in [-0.1, -0.05) is 48.5 Å². The van der Waals surface area contributed by atoms with Crippen LogP contribution in [-0.4, -0.2) is 49.0 Å². The Morgan fingerprint density at radius 1 is 1.03 bits per heavy atom. The second-order valence-corrected chi connectivity index (χ2v) is 8.71. The minimum atomic E-state index is 0.0136. The second-order valence-electron chi connectivity index (χ2n) is 7.77. The van der Waals surface area contributed by atoms with Gasteiger partial charge in [0.2, 0.25) is 5.91 Å². The molecule has 1 aliphatic rings. The van der Waals surface area contributed by atoms with E-state index in [0.29, 0.717) is 13.0 Å². The van der Waals surface area contributed by atoms with E-state index in [-0.39, 0.29) is 5.91 Å². The lowest BCUT2D eigenvalue weighted by Gasteiger charge is -2.35. The molecule has 0 saturated carbocycles. The van der Waals surface area contributed by atoms with Crippen LogP contribution in [0.15, 0.2) is 60.0 Å². The first kappa shape index (κ1) is 20.6. The van der Waals surface area contributed by atoms with Gasteiger partial charge in [-0.3, -0.25) is 4.79 Å². The summed E-state index contributed by atoms with van der Waals surface area (Å²) in [5, 5.41) is 6.13. The van der Waals surface area contributed by atoms with Gasteiger partial charge >= 0.3 is 0 Å². The van der Waals surface area contributed by atoms with Gasteiger partial charge in [-0.05, 0) is 24.2 Å². The molecule has 4 rings (SSSR count). The summed E-state index contributed by atoms with van der Waals surface area (Å²) >= 11 is 1.62. The Hall–Kier alpha value is -2.70. The molecule has 3 aromatic rings. The first-order valence-electron chi connectivity index (χ1n) is 10.4. The summed E-state index contributed by atoms with van der Waals surface area (Å²) in [6.45, 7) is 4.71. The predicted octanol–water partition coefficient (Wildman–Crippen LogP) is 3.34. The second kappa shape index (κ2) is 9.87. The number of carbonyl (C=O) groups is 1. The van der Waals surface area contributed by atoms with E-state index in [1.165, 1.54) is 16.8 Å². The maximum atomic E-state index is 12.5. The number of nitrogens with one attached hydrogen (secondary N) is 1. The zero-order valence-corrected chi connectivity index (χ0v) is 18.2. The van der Waals surface area contributed by atoms with Crippen LogP contribution in [0.1, 0.15) is 21.8 Å². The van der Waals surface area contributed by atoms with Crippen molar-refractivity contribution in [3.05, 3.63) is 81.8 Å². The summed E-state index contributed by atoms with van der Waals surface area (Å²) < 4.78 is 0. The minimum absolute atomic E-state index is 0.0136. The van der Waals surface area contributed by atoms with Crippen LogP contribution in [0.5, 0.6) is 0 Å². The molecule has 2 aromatic carbocycles. The standard InChI is InChI=1S/C24H28N4OS/c1-27-11-13-28(14-12-27)22-10-6-5-9-20(22)17-25-23(29)16-21-18-30-24(26-21)15-19-7-3-2-4-8-19/h2-10,18H,11-17H2,1H3,(H,25,29). The summed E-state index contributed by atoms with van der Waals surface area (Å²) in [4.78, 5) is 21.9. The largest absolute Gasteiger partial charge is 0.369 e. The highest BCUT2D eigenvalue weighted by Gasteiger charge is 2.17. The van der Waals surface area contributed by atoms with Gasteiger partial charge in [0.15, 0.2) is 0 Å². The molecule has 0 spiro atoms. The van der Waals surface area contributed by atoms with Crippen molar-refractivity contribution >= 4 is 22.9 Å². The molecule has 30 heavy (non-hydrogen) atoms. The average molecular weight is 421 g/mol. The number of piperazine rings is 1. The quantitative estimate of drug-likeness (QED) is 0.637. The molecule has 1 aromatic heterocycles. The smallest absolute Gasteiger partial charge is 0.226 e. The van der Waals surface area contributed by atoms with Gasteiger partial charge < -0.3 is 15.1 Å². The minimum Gasteiger partial charge on any atom is -0.369 e. The lowest BCUT2D eigenvalue weighted by Crippen LogP contribution is -2.45. The van der Waals surface area contributed by atoms with Crippen LogP contribution in [0.2, 0.25) is 0 Å². The van der Waals surface area contributed by atoms with Gasteiger partial charge in [-0.15, -0.1) is 11.3 Å². The molecule has 0 atom stereocenters. The molecule has 156 valence electrons. The van der Waals surface area contributed by atoms with E-state index in [4.69, 9.17) is 0 Å². The number of nitrogens with zero attached hydrogens (tertiary/aromatic N) is 3. The molecule has 1 N–H and O–H groups in total. The van der Waals surface area contributed by atoms with Crippen molar-refractivity contribution in [3.8, 4) is 0 Å². The van der Waals surface area contributed by atoms with E-state index in [2.05, 4.69) is 57.5 Å². The fourth-order valence-electron chi connectivity index (χ4n) is 3.72. The number of likely N-dealkylation sites (N-methyl/N-ethyl adjacent to an activating group) is 1. The predicted molar refractivity (Wildman–Crippen MR) is 123 cm³/mol. The zero-order chi connectivity index (χ0) is 20.8. The number of rotatable bonds is 7. The lowest BCUT2D eigenvalue weighted by molar-refractivity contribution is -0.120. The SMILES string of the molecule is CN1CCN(c2ccccc2CNC(=O)Cc2csc(Cc3ccccc3)n2)CC1. The molecule has 6 heteroatoms. The number of carbonyl (C=O) groups excluding carboxylic acids is 1. The monoisotopic (exact) mass is 420 g/mol. The van der Waals surface area contributed by atoms with Gasteiger partial charge in [-0.25, -0.2) is 4.98 Å². The van der Waals surface area contributed by atoms with Crippen molar-refractivity contribution in [2.24, 2.45) is 0 Å². The summed E-state index contributed by atoms with van der Waals surface area (Å²) in [7, 11) is 2.16. The van der Waals surface area contributed by atoms with Crippen molar-refractivity contribution in [3.63, 3.8) is 0 Å². The molecule has 1 aliphatic heterocycles. The lowest BCUT2D eigenvalue weighted by atomic mass is 10.1. The molecular weight excluding hydrogens is 392 g/mol. The number of para-hydroxylation sites is 1. The number of thiazole rings is 1. The molecule has 1 fully saturated rings. The van der Waals surface area contributed by atoms with Crippen molar-refractivity contribution < 1.29 is 4.79 Å². The van der Waals surface area contributed by atoms with Crippen LogP contribution in [0, 0.1) is 0 Å². The molecular formula is C24H28N4OS. The van der Waals surface area contributed by atoms with Gasteiger partial charge in [0.25, 0.3) is 0 Å². The molecule has 1 saturated heterocycles. The van der Waals surface area contributed by atoms with E-state index in [1.54, 1.807) is 11.3 Å². The first-order chi connectivity index (χ1) is 14.7. The zero-order valence-electron chi connectivity index (χ0n) is 17.4. The molecule has 0 aliphatic carbocycles. The number of amides is 1. The summed E-state index contributed by atoms with van der Waals surface area (Å²) in [5.41, 5.74) is 4.47. The summed E-state index contributed by atoms with van der Waals surface area (Å²) in [6.07, 6.45) is 1.13. The van der Waals surface area contributed by atoms with Gasteiger partial charge in [0.05, 0.1) is 17.1 Å². The first-order valence-corrected chi connectivity index (χ1v) is 11.3. The third-order valence-corrected chi connectivity index (χ3v) is 6.35. The fourth-order valence-corrected chi connectivity index (χ4v) is 4.55. The molecule has 5 nitrogen and oxygen atoms in total. The Morgan fingerprint density at radius 2 is 1.77 bits per heavy atom. The normalized spacial score (nSPS) is 14.6. The Balaban J connectivity index is 1.31. The number of aromatic nitrogens is 1. The third kappa shape index (κ3) is 5.46. The number of hydrogen-bond donors (Lipinski definition) is 1. The Labute approximate surface area is 182 Å². The van der Waals surface area contributed by atoms with Gasteiger partial charge in [-0.2, -0.15) is 0 Å². The maximum absolute atomic E-state index is 12.5. The van der Waals surface area contributed by atoms with Crippen LogP contribution >= 0.6 is 11.3 Å². The Bertz CT molecular complexity index is 964. The van der Waals surface area contributed by atoms with Crippen molar-refractivity contribution in [2.75, 3.05) is 38.1 Å². The van der Waals surface area contributed by atoms with Gasteiger partial charge in [0.1, 0.15) is 0 Å². The van der Waals surface area contributed by atoms with E-state index >= 15 is 0 Å². The van der Waals surface area contributed by atoms with Gasteiger partial charge in [0, 0.05) is 50.2 Å². The van der Waals surface area contributed by atoms with E-state index in [9.17, 15) is 4.79 Å². The van der Waals surface area contributed by atoms with Crippen LogP contribution in [0.3, 0.4) is 0 Å². The highest BCUT2D eigenvalue weighted by molar-refractivity contribution is 7.09. The average Bonchev–Trinajstić information content (AvgIpc) is 3.20. The highest BCUT2D eigenvalue weighted by Crippen LogP contribution is 2.22. The third-order valence-electron chi connectivity index (χ3n) is 5.45. The number of hydrogen-bond acceptors (Lipinski definition) is 5. The van der Waals surface area contributed by atoms with Crippen molar-refractivity contribution in [1.29, 1.82) is 0 Å². The topological polar surface area (TPSA) is 48.5 Å². The van der Waals surface area contributed by atoms with E-state index in [0.717, 1.165) is 43.3 Å². The maximum Gasteiger partial charge on any atom is 0.226 e. The van der Waals surface area contributed by atoms with Crippen molar-refractivity contribution in [1.82, 2.24) is 15.2 Å². The molecule has 2 heterocycles. The summed E-state index contributed by atoms with van der Waals surface area (Å²) in [6, 6.07) is 18.7. The van der Waals surface area contributed by atoms with Crippen LogP contribution in [-0.2, 0) is 24.2 Å². The van der Waals surface area contributed by atoms with Crippen LogP contribution in [0.4, 0.5) is 5.69 Å². The Morgan fingerprint density at radius 3 is 2.57 bits per heavy atom. The number of benzene rings is 2. The fraction of sp³-hybridized carbons (Fsp3) is 0.333. The van der Waals surface area contributed by atoms with Crippen LogP contribution < -0.4 is 10.2 Å². The van der Waals surface area contributed by atoms with E-state index in [1.807, 2.05) is 29.6 Å². The summed E-state index contributed by atoms with van der Waals surface area (Å²) in [5.74, 6) is 0.0136. The highest BCUT2D eigenvalue weighted by atomic mass is 32.1. The number of anilines is 1. The molecule has 0 unspecified atom stereocenters. The molecule has 0 bridgehead atoms. The van der Waals surface area contributed by atoms with Crippen LogP contribution in [0.25, 0.3) is 0 Å². The van der Waals surface area contributed by atoms with E-state index < -0.39 is 0 Å². The Kier molecular flexibility index (Phi) is 6.77. The molecule has 1 amide bonds. The molecule has 0 radical (unpaired) electrons.